The van der Waals surface area contributed by atoms with Gasteiger partial charge in [-0.05, 0) is 78.8 Å². The van der Waals surface area contributed by atoms with E-state index in [0.29, 0.717) is 44.4 Å². The van der Waals surface area contributed by atoms with Gasteiger partial charge in [0.2, 0.25) is 10.0 Å². The summed E-state index contributed by atoms with van der Waals surface area (Å²) in [6, 6.07) is 21.1. The van der Waals surface area contributed by atoms with Crippen LogP contribution in [0.2, 0.25) is 0 Å². The molecule has 1 aliphatic carbocycles. The number of carbonyl (C=O) groups is 1. The number of ether oxygens (including phenoxy) is 2. The Labute approximate surface area is 236 Å². The van der Waals surface area contributed by atoms with Crippen LogP contribution in [0.15, 0.2) is 71.6 Å². The van der Waals surface area contributed by atoms with Crippen molar-refractivity contribution in [3.05, 3.63) is 89.0 Å². The molecule has 3 aliphatic rings. The van der Waals surface area contributed by atoms with Crippen molar-refractivity contribution in [2.24, 2.45) is 0 Å². The first-order valence-electron chi connectivity index (χ1n) is 13.9. The number of likely N-dealkylation sites (tertiary alicyclic amines) is 1. The van der Waals surface area contributed by atoms with Crippen molar-refractivity contribution in [2.75, 3.05) is 44.7 Å². The molecule has 9 heteroatoms. The van der Waals surface area contributed by atoms with Gasteiger partial charge in [0, 0.05) is 38.4 Å². The van der Waals surface area contributed by atoms with E-state index in [1.165, 1.54) is 16.7 Å². The van der Waals surface area contributed by atoms with Crippen LogP contribution in [0.25, 0.3) is 0 Å². The summed E-state index contributed by atoms with van der Waals surface area (Å²) in [6.07, 6.45) is 1.59. The van der Waals surface area contributed by atoms with Crippen LogP contribution in [0.4, 0.5) is 10.5 Å². The van der Waals surface area contributed by atoms with Crippen LogP contribution in [-0.2, 0) is 21.4 Å². The lowest BCUT2D eigenvalue weighted by atomic mass is 9.96. The quantitative estimate of drug-likeness (QED) is 0.418. The number of methoxy groups -OCH3 is 1. The van der Waals surface area contributed by atoms with Gasteiger partial charge in [-0.15, -0.1) is 0 Å². The predicted octanol–water partition coefficient (Wildman–Crippen LogP) is 5.09. The number of hydrogen-bond donors (Lipinski definition) is 0. The Morgan fingerprint density at radius 1 is 0.900 bits per heavy atom. The van der Waals surface area contributed by atoms with Crippen molar-refractivity contribution in [3.8, 4) is 5.75 Å². The third-order valence-corrected chi connectivity index (χ3v) is 10.4. The Bertz CT molecular complexity index is 1480. The van der Waals surface area contributed by atoms with E-state index in [4.69, 9.17) is 9.47 Å². The van der Waals surface area contributed by atoms with E-state index in [-0.39, 0.29) is 23.6 Å². The number of carbonyl (C=O) groups excluding carboxylic acids is 1. The maximum absolute atomic E-state index is 13.2. The van der Waals surface area contributed by atoms with Crippen LogP contribution in [0.5, 0.6) is 5.75 Å². The minimum atomic E-state index is -3.57. The van der Waals surface area contributed by atoms with E-state index < -0.39 is 10.0 Å². The number of anilines is 1. The van der Waals surface area contributed by atoms with Gasteiger partial charge < -0.3 is 19.3 Å². The predicted molar refractivity (Wildman–Crippen MR) is 153 cm³/mol. The van der Waals surface area contributed by atoms with E-state index in [9.17, 15) is 13.2 Å². The summed E-state index contributed by atoms with van der Waals surface area (Å²) in [4.78, 5) is 17.5. The molecule has 0 N–H and O–H groups in total. The highest BCUT2D eigenvalue weighted by Crippen LogP contribution is 2.50. The fourth-order valence-corrected chi connectivity index (χ4v) is 7.60. The number of sulfonamides is 1. The number of fused-ring (bicyclic) bond motifs is 5. The molecule has 2 aliphatic heterocycles. The Balaban J connectivity index is 1.12. The number of aryl methyl sites for hydroxylation is 1. The van der Waals surface area contributed by atoms with E-state index in [1.807, 2.05) is 36.1 Å². The molecule has 1 amide bonds. The van der Waals surface area contributed by atoms with Gasteiger partial charge in [0.25, 0.3) is 0 Å². The molecule has 2 fully saturated rings. The fraction of sp³-hybridized carbons (Fsp3) is 0.387. The Morgan fingerprint density at radius 2 is 1.62 bits per heavy atom. The molecule has 8 nitrogen and oxygen atoms in total. The molecule has 0 saturated carbocycles. The first-order valence-corrected chi connectivity index (χ1v) is 15.3. The number of rotatable bonds is 6. The highest BCUT2D eigenvalue weighted by molar-refractivity contribution is 7.89. The lowest BCUT2D eigenvalue weighted by molar-refractivity contribution is 0.0694. The van der Waals surface area contributed by atoms with Gasteiger partial charge >= 0.3 is 6.09 Å². The third-order valence-electron chi connectivity index (χ3n) is 8.49. The summed E-state index contributed by atoms with van der Waals surface area (Å²) in [5, 5.41) is 0. The molecular weight excluding hydrogens is 526 g/mol. The number of amides is 1. The van der Waals surface area contributed by atoms with Crippen LogP contribution in [0.1, 0.15) is 47.1 Å². The summed E-state index contributed by atoms with van der Waals surface area (Å²) in [5.74, 6) is 1.09. The zero-order chi connectivity index (χ0) is 27.9. The summed E-state index contributed by atoms with van der Waals surface area (Å²) < 4.78 is 38.8. The molecule has 3 aromatic carbocycles. The highest BCUT2D eigenvalue weighted by Gasteiger charge is 2.42. The second-order valence-electron chi connectivity index (χ2n) is 10.9. The lowest BCUT2D eigenvalue weighted by Gasteiger charge is -2.36. The first-order chi connectivity index (χ1) is 19.3. The Hall–Kier alpha value is -3.56. The van der Waals surface area contributed by atoms with Crippen molar-refractivity contribution in [3.63, 3.8) is 0 Å². The molecule has 210 valence electrons. The van der Waals surface area contributed by atoms with E-state index in [2.05, 4.69) is 23.1 Å². The van der Waals surface area contributed by atoms with Crippen LogP contribution in [0, 0.1) is 6.92 Å². The van der Waals surface area contributed by atoms with Gasteiger partial charge in [-0.25, -0.2) is 13.2 Å². The maximum Gasteiger partial charge on any atom is 0.410 e. The number of benzene rings is 3. The van der Waals surface area contributed by atoms with E-state index in [0.717, 1.165) is 24.1 Å². The number of hydrogen-bond acceptors (Lipinski definition) is 6. The zero-order valence-electron chi connectivity index (χ0n) is 23.0. The Morgan fingerprint density at radius 3 is 2.33 bits per heavy atom. The first kappa shape index (κ1) is 26.7. The molecular formula is C31H35N3O5S. The van der Waals surface area contributed by atoms with Crippen molar-refractivity contribution in [1.82, 2.24) is 9.21 Å². The van der Waals surface area contributed by atoms with Gasteiger partial charge in [-0.1, -0.05) is 35.9 Å². The lowest BCUT2D eigenvalue weighted by Crippen LogP contribution is -2.48. The Kier molecular flexibility index (Phi) is 7.18. The normalized spacial score (nSPS) is 20.8. The minimum absolute atomic E-state index is 0.0101. The SMILES string of the molecule is COc1ccc(S(=O)(=O)N2CCN(c3ccc4c(c3)C3CC4CCN3C(=O)OCc3ccc(C)cc3)CC2)cc1. The monoisotopic (exact) mass is 561 g/mol. The van der Waals surface area contributed by atoms with Crippen LogP contribution < -0.4 is 9.64 Å². The van der Waals surface area contributed by atoms with Gasteiger partial charge in [0.05, 0.1) is 18.0 Å². The molecule has 40 heavy (non-hydrogen) atoms. The van der Waals surface area contributed by atoms with Crippen molar-refractivity contribution < 1.29 is 22.7 Å². The van der Waals surface area contributed by atoms with Crippen LogP contribution in [-0.4, -0.2) is 63.5 Å². The smallest absolute Gasteiger partial charge is 0.410 e. The molecule has 0 aromatic heterocycles. The zero-order valence-corrected chi connectivity index (χ0v) is 23.8. The van der Waals surface area contributed by atoms with Gasteiger partial charge in [-0.3, -0.25) is 0 Å². The molecule has 2 saturated heterocycles. The number of nitrogens with zero attached hydrogens (tertiary/aromatic N) is 3. The molecule has 2 unspecified atom stereocenters. The van der Waals surface area contributed by atoms with E-state index in [1.54, 1.807) is 35.7 Å². The molecule has 0 spiro atoms. The van der Waals surface area contributed by atoms with Crippen LogP contribution in [0.3, 0.4) is 0 Å². The second-order valence-corrected chi connectivity index (χ2v) is 12.8. The van der Waals surface area contributed by atoms with Gasteiger partial charge in [0.15, 0.2) is 0 Å². The van der Waals surface area contributed by atoms with Crippen molar-refractivity contribution >= 4 is 21.8 Å². The third kappa shape index (κ3) is 5.04. The van der Waals surface area contributed by atoms with Crippen molar-refractivity contribution in [1.29, 1.82) is 0 Å². The summed E-state index contributed by atoms with van der Waals surface area (Å²) in [7, 11) is -2.01. The van der Waals surface area contributed by atoms with E-state index >= 15 is 0 Å². The fourth-order valence-electron chi connectivity index (χ4n) is 6.18. The topological polar surface area (TPSA) is 79.4 Å². The molecule has 2 heterocycles. The second kappa shape index (κ2) is 10.8. The van der Waals surface area contributed by atoms with Crippen LogP contribution >= 0.6 is 0 Å². The average molecular weight is 562 g/mol. The summed E-state index contributed by atoms with van der Waals surface area (Å²) in [5.41, 5.74) is 5.75. The van der Waals surface area contributed by atoms with Gasteiger partial charge in [-0.2, -0.15) is 4.31 Å². The largest absolute Gasteiger partial charge is 0.497 e. The van der Waals surface area contributed by atoms with Crippen molar-refractivity contribution in [2.45, 2.75) is 43.2 Å². The maximum atomic E-state index is 13.2. The molecule has 2 bridgehead atoms. The number of piperazine rings is 1. The summed E-state index contributed by atoms with van der Waals surface area (Å²) in [6.45, 7) is 5.02. The standard InChI is InChI=1S/C31H35N3O5S/c1-22-3-5-23(6-4-22)21-39-31(35)34-14-13-24-19-30(34)29-20-25(7-12-28(24)29)32-15-17-33(18-16-32)40(36,37)27-10-8-26(38-2)9-11-27/h3-12,20,24,30H,13-19,21H2,1-2H3. The van der Waals surface area contributed by atoms with Gasteiger partial charge in [0.1, 0.15) is 12.4 Å². The molecule has 2 atom stereocenters. The minimum Gasteiger partial charge on any atom is -0.497 e. The highest BCUT2D eigenvalue weighted by atomic mass is 32.2. The molecule has 3 aromatic rings. The summed E-state index contributed by atoms with van der Waals surface area (Å²) >= 11 is 0. The average Bonchev–Trinajstić information content (AvgIpc) is 3.27. The molecule has 0 radical (unpaired) electrons. The molecule has 6 rings (SSSR count). The number of piperidine rings is 1.